The van der Waals surface area contributed by atoms with E-state index in [1.54, 1.807) is 6.07 Å². The van der Waals surface area contributed by atoms with Crippen LogP contribution in [-0.4, -0.2) is 22.3 Å². The van der Waals surface area contributed by atoms with Gasteiger partial charge in [0.25, 0.3) is 0 Å². The van der Waals surface area contributed by atoms with Crippen molar-refractivity contribution in [1.29, 1.82) is 0 Å². The SMILES string of the molecule is O=C(NC1CCC(c2nc(COc3ccc(Cl)c(F)c3)no2)CC1)OCc1ccccc1. The number of halogens is 2. The van der Waals surface area contributed by atoms with E-state index in [0.29, 0.717) is 17.5 Å². The third-order valence-corrected chi connectivity index (χ3v) is 5.66. The van der Waals surface area contributed by atoms with Crippen LogP contribution in [0.25, 0.3) is 0 Å². The first-order valence-corrected chi connectivity index (χ1v) is 10.8. The van der Waals surface area contributed by atoms with E-state index in [1.807, 2.05) is 30.3 Å². The second kappa shape index (κ2) is 10.5. The number of aromatic nitrogens is 2. The fraction of sp³-hybridized carbons (Fsp3) is 0.348. The fourth-order valence-corrected chi connectivity index (χ4v) is 3.74. The van der Waals surface area contributed by atoms with Crippen molar-refractivity contribution in [1.82, 2.24) is 15.5 Å². The van der Waals surface area contributed by atoms with Crippen molar-refractivity contribution in [3.8, 4) is 5.75 Å². The lowest BCUT2D eigenvalue weighted by molar-refractivity contribution is 0.132. The molecule has 1 N–H and O–H groups in total. The van der Waals surface area contributed by atoms with Crippen LogP contribution in [0.3, 0.4) is 0 Å². The minimum atomic E-state index is -0.549. The Kier molecular flexibility index (Phi) is 7.21. The van der Waals surface area contributed by atoms with Gasteiger partial charge in [-0.1, -0.05) is 47.1 Å². The summed E-state index contributed by atoms with van der Waals surface area (Å²) in [4.78, 5) is 16.5. The summed E-state index contributed by atoms with van der Waals surface area (Å²) >= 11 is 5.67. The lowest BCUT2D eigenvalue weighted by Crippen LogP contribution is -2.37. The molecule has 0 radical (unpaired) electrons. The van der Waals surface area contributed by atoms with Crippen LogP contribution in [0, 0.1) is 5.82 Å². The maximum absolute atomic E-state index is 13.5. The number of nitrogens with zero attached hydrogens (tertiary/aromatic N) is 2. The van der Waals surface area contributed by atoms with Crippen molar-refractivity contribution in [3.05, 3.63) is 76.6 Å². The number of carbonyl (C=O) groups excluding carboxylic acids is 1. The van der Waals surface area contributed by atoms with Gasteiger partial charge in [0.15, 0.2) is 6.61 Å². The summed E-state index contributed by atoms with van der Waals surface area (Å²) in [5, 5.41) is 6.91. The Hall–Kier alpha value is -3.13. The Morgan fingerprint density at radius 2 is 1.91 bits per heavy atom. The Bertz CT molecular complexity index is 1040. The smallest absolute Gasteiger partial charge is 0.407 e. The van der Waals surface area contributed by atoms with Gasteiger partial charge >= 0.3 is 6.09 Å². The molecule has 1 aliphatic carbocycles. The fourth-order valence-electron chi connectivity index (χ4n) is 3.62. The molecule has 1 fully saturated rings. The van der Waals surface area contributed by atoms with Gasteiger partial charge in [0.1, 0.15) is 18.2 Å². The van der Waals surface area contributed by atoms with E-state index in [2.05, 4.69) is 15.5 Å². The summed E-state index contributed by atoms with van der Waals surface area (Å²) < 4.78 is 29.7. The van der Waals surface area contributed by atoms with Crippen LogP contribution < -0.4 is 10.1 Å². The average Bonchev–Trinajstić information content (AvgIpc) is 3.29. The number of alkyl carbamates (subject to hydrolysis) is 1. The van der Waals surface area contributed by atoms with Gasteiger partial charge in [-0.25, -0.2) is 9.18 Å². The Balaban J connectivity index is 1.20. The molecule has 3 aromatic rings. The zero-order valence-electron chi connectivity index (χ0n) is 17.3. The minimum absolute atomic E-state index is 0.0359. The van der Waals surface area contributed by atoms with Crippen LogP contribution in [-0.2, 0) is 18.0 Å². The first-order chi connectivity index (χ1) is 15.6. The number of benzene rings is 2. The van der Waals surface area contributed by atoms with E-state index in [9.17, 15) is 9.18 Å². The monoisotopic (exact) mass is 459 g/mol. The highest BCUT2D eigenvalue weighted by Gasteiger charge is 2.27. The Morgan fingerprint density at radius 3 is 2.66 bits per heavy atom. The topological polar surface area (TPSA) is 86.5 Å². The predicted octanol–water partition coefficient (Wildman–Crippen LogP) is 5.39. The third kappa shape index (κ3) is 5.97. The van der Waals surface area contributed by atoms with Gasteiger partial charge < -0.3 is 19.3 Å². The lowest BCUT2D eigenvalue weighted by atomic mass is 9.86. The maximum atomic E-state index is 13.5. The molecule has 1 amide bonds. The number of rotatable bonds is 7. The molecule has 168 valence electrons. The zero-order chi connectivity index (χ0) is 22.3. The van der Waals surface area contributed by atoms with Gasteiger partial charge in [0.2, 0.25) is 11.7 Å². The highest BCUT2D eigenvalue weighted by Crippen LogP contribution is 2.32. The summed E-state index contributed by atoms with van der Waals surface area (Å²) in [6, 6.07) is 13.8. The normalized spacial score (nSPS) is 18.2. The number of carbonyl (C=O) groups is 1. The van der Waals surface area contributed by atoms with Crippen molar-refractivity contribution in [2.24, 2.45) is 0 Å². The van der Waals surface area contributed by atoms with Gasteiger partial charge in [-0.2, -0.15) is 4.98 Å². The summed E-state index contributed by atoms with van der Waals surface area (Å²) in [6.07, 6.45) is 2.81. The molecule has 0 atom stereocenters. The molecule has 1 saturated carbocycles. The van der Waals surface area contributed by atoms with Crippen LogP contribution >= 0.6 is 11.6 Å². The molecule has 0 bridgehead atoms. The first-order valence-electron chi connectivity index (χ1n) is 10.4. The molecule has 1 aliphatic rings. The summed E-state index contributed by atoms with van der Waals surface area (Å²) in [6.45, 7) is 0.312. The van der Waals surface area contributed by atoms with Crippen LogP contribution in [0.5, 0.6) is 5.75 Å². The van der Waals surface area contributed by atoms with Crippen LogP contribution in [0.4, 0.5) is 9.18 Å². The Morgan fingerprint density at radius 1 is 1.12 bits per heavy atom. The van der Waals surface area contributed by atoms with Crippen LogP contribution in [0.1, 0.15) is 48.9 Å². The lowest BCUT2D eigenvalue weighted by Gasteiger charge is -2.26. The highest BCUT2D eigenvalue weighted by atomic mass is 35.5. The van der Waals surface area contributed by atoms with Gasteiger partial charge in [-0.05, 0) is 43.4 Å². The average molecular weight is 460 g/mol. The molecule has 0 unspecified atom stereocenters. The molecule has 4 rings (SSSR count). The number of ether oxygens (including phenoxy) is 2. The van der Waals surface area contributed by atoms with E-state index in [0.717, 1.165) is 31.2 Å². The second-order valence-electron chi connectivity index (χ2n) is 7.67. The molecule has 2 aromatic carbocycles. The molecule has 0 spiro atoms. The van der Waals surface area contributed by atoms with Crippen molar-refractivity contribution >= 4 is 17.7 Å². The number of nitrogens with one attached hydrogen (secondary N) is 1. The standard InChI is InChI=1S/C23H23ClFN3O4/c24-19-11-10-18(12-20(19)25)30-14-21-27-22(32-28-21)16-6-8-17(9-7-16)26-23(29)31-13-15-4-2-1-3-5-15/h1-5,10-12,16-17H,6-9,13-14H2,(H,26,29). The van der Waals surface area contributed by atoms with E-state index >= 15 is 0 Å². The molecule has 1 aromatic heterocycles. The van der Waals surface area contributed by atoms with Gasteiger partial charge in [0, 0.05) is 18.0 Å². The van der Waals surface area contributed by atoms with E-state index in [1.165, 1.54) is 12.1 Å². The summed E-state index contributed by atoms with van der Waals surface area (Å²) in [5.74, 6) is 0.856. The van der Waals surface area contributed by atoms with Gasteiger partial charge in [-0.15, -0.1) is 0 Å². The number of hydrogen-bond donors (Lipinski definition) is 1. The molecule has 32 heavy (non-hydrogen) atoms. The highest BCUT2D eigenvalue weighted by molar-refractivity contribution is 6.30. The molecular formula is C23H23ClFN3O4. The van der Waals surface area contributed by atoms with Crippen molar-refractivity contribution in [2.75, 3.05) is 0 Å². The quantitative estimate of drug-likeness (QED) is 0.509. The zero-order valence-corrected chi connectivity index (χ0v) is 18.1. The summed E-state index contributed by atoms with van der Waals surface area (Å²) in [5.41, 5.74) is 0.948. The van der Waals surface area contributed by atoms with E-state index < -0.39 is 11.9 Å². The van der Waals surface area contributed by atoms with Crippen molar-refractivity contribution in [3.63, 3.8) is 0 Å². The minimum Gasteiger partial charge on any atom is -0.485 e. The van der Waals surface area contributed by atoms with E-state index in [4.69, 9.17) is 25.6 Å². The van der Waals surface area contributed by atoms with Gasteiger partial charge in [0.05, 0.1) is 5.02 Å². The van der Waals surface area contributed by atoms with Crippen LogP contribution in [0.15, 0.2) is 53.1 Å². The molecule has 0 aliphatic heterocycles. The first kappa shape index (κ1) is 22.1. The van der Waals surface area contributed by atoms with Crippen molar-refractivity contribution < 1.29 is 23.2 Å². The summed E-state index contributed by atoms with van der Waals surface area (Å²) in [7, 11) is 0. The molecule has 7 nitrogen and oxygen atoms in total. The van der Waals surface area contributed by atoms with Gasteiger partial charge in [-0.3, -0.25) is 0 Å². The number of amides is 1. The second-order valence-corrected chi connectivity index (χ2v) is 8.08. The number of hydrogen-bond acceptors (Lipinski definition) is 6. The molecule has 9 heteroatoms. The third-order valence-electron chi connectivity index (χ3n) is 5.35. The molecule has 0 saturated heterocycles. The molecular weight excluding hydrogens is 437 g/mol. The van der Waals surface area contributed by atoms with E-state index in [-0.39, 0.29) is 30.2 Å². The molecule has 1 heterocycles. The maximum Gasteiger partial charge on any atom is 0.407 e. The largest absolute Gasteiger partial charge is 0.485 e. The predicted molar refractivity (Wildman–Crippen MR) is 115 cm³/mol. The Labute approximate surface area is 189 Å². The van der Waals surface area contributed by atoms with Crippen molar-refractivity contribution in [2.45, 2.75) is 50.9 Å². The van der Waals surface area contributed by atoms with Crippen LogP contribution in [0.2, 0.25) is 5.02 Å².